The molecule has 158 valence electrons. The highest BCUT2D eigenvalue weighted by atomic mass is 16.5. The fourth-order valence-corrected chi connectivity index (χ4v) is 3.25. The topological polar surface area (TPSA) is 85.6 Å². The third kappa shape index (κ3) is 5.62. The number of aromatic nitrogens is 3. The fourth-order valence-electron chi connectivity index (χ4n) is 3.25. The van der Waals surface area contributed by atoms with E-state index in [-0.39, 0.29) is 12.1 Å². The summed E-state index contributed by atoms with van der Waals surface area (Å²) < 4.78 is 13.1. The van der Waals surface area contributed by atoms with Gasteiger partial charge in [-0.2, -0.15) is 5.10 Å². The van der Waals surface area contributed by atoms with Crippen molar-refractivity contribution in [2.24, 2.45) is 4.99 Å². The van der Waals surface area contributed by atoms with Crippen molar-refractivity contribution in [2.45, 2.75) is 58.2 Å². The van der Waals surface area contributed by atoms with Crippen LogP contribution in [0.1, 0.15) is 44.8 Å². The van der Waals surface area contributed by atoms with Gasteiger partial charge in [0.1, 0.15) is 23.4 Å². The lowest BCUT2D eigenvalue weighted by atomic mass is 10.1. The minimum atomic E-state index is -0.0104. The van der Waals surface area contributed by atoms with Crippen LogP contribution in [0.5, 0.6) is 11.5 Å². The summed E-state index contributed by atoms with van der Waals surface area (Å²) in [5, 5.41) is 11.5. The number of hydrogen-bond donors (Lipinski definition) is 2. The highest BCUT2D eigenvalue weighted by Crippen LogP contribution is 2.18. The van der Waals surface area contributed by atoms with Crippen LogP contribution in [0.15, 0.2) is 29.3 Å². The Bertz CT molecular complexity index is 815. The summed E-state index contributed by atoms with van der Waals surface area (Å²) in [6.45, 7) is 7.72. The van der Waals surface area contributed by atoms with Crippen LogP contribution < -0.4 is 20.1 Å². The first-order chi connectivity index (χ1) is 14.0. The molecule has 2 atom stereocenters. The number of hydrogen-bond acceptors (Lipinski definition) is 5. The van der Waals surface area contributed by atoms with Crippen molar-refractivity contribution in [2.75, 3.05) is 20.7 Å². The van der Waals surface area contributed by atoms with Gasteiger partial charge in [-0.1, -0.05) is 13.8 Å². The molecular weight excluding hydrogens is 368 g/mol. The summed E-state index contributed by atoms with van der Waals surface area (Å²) in [6, 6.07) is 7.87. The quantitative estimate of drug-likeness (QED) is 0.548. The van der Waals surface area contributed by atoms with Crippen LogP contribution in [-0.2, 0) is 13.0 Å². The molecule has 2 heterocycles. The number of fused-ring (bicyclic) bond motifs is 1. The van der Waals surface area contributed by atoms with Gasteiger partial charge in [0.15, 0.2) is 11.8 Å². The number of methoxy groups -OCH3 is 1. The van der Waals surface area contributed by atoms with Crippen LogP contribution >= 0.6 is 0 Å². The minimum Gasteiger partial charge on any atom is -0.497 e. The Kier molecular flexibility index (Phi) is 6.95. The van der Waals surface area contributed by atoms with E-state index in [1.54, 1.807) is 14.2 Å². The third-order valence-corrected chi connectivity index (χ3v) is 4.91. The van der Waals surface area contributed by atoms with E-state index < -0.39 is 0 Å². The van der Waals surface area contributed by atoms with Gasteiger partial charge in [-0.05, 0) is 37.6 Å². The van der Waals surface area contributed by atoms with Crippen LogP contribution in [0.2, 0.25) is 0 Å². The molecule has 2 N–H and O–H groups in total. The average molecular weight is 401 g/mol. The zero-order valence-electron chi connectivity index (χ0n) is 18.0. The molecule has 2 aromatic rings. The molecule has 0 amide bonds. The maximum Gasteiger partial charge on any atom is 0.191 e. The van der Waals surface area contributed by atoms with Gasteiger partial charge in [0.2, 0.25) is 0 Å². The molecule has 1 aliphatic heterocycles. The summed E-state index contributed by atoms with van der Waals surface area (Å²) in [4.78, 5) is 9.00. The number of aryl methyl sites for hydroxylation is 1. The van der Waals surface area contributed by atoms with Crippen molar-refractivity contribution < 1.29 is 9.47 Å². The van der Waals surface area contributed by atoms with Gasteiger partial charge >= 0.3 is 0 Å². The van der Waals surface area contributed by atoms with Crippen molar-refractivity contribution in [1.29, 1.82) is 0 Å². The number of rotatable bonds is 7. The second-order valence-corrected chi connectivity index (χ2v) is 7.66. The number of ether oxygens (including phenoxy) is 2. The predicted octanol–water partition coefficient (Wildman–Crippen LogP) is 2.36. The standard InChI is InChI=1S/C21H32N6O2/c1-14(2)20-25-19-11-6-16(13-27(19)26-20)24-21(22-4)23-12-15(3)29-18-9-7-17(28-5)8-10-18/h7-10,14-16H,6,11-13H2,1-5H3,(H2,22,23,24). The third-order valence-electron chi connectivity index (χ3n) is 4.91. The van der Waals surface area contributed by atoms with Gasteiger partial charge in [0.25, 0.3) is 0 Å². The largest absolute Gasteiger partial charge is 0.497 e. The molecule has 1 aromatic carbocycles. The molecule has 0 aliphatic carbocycles. The summed E-state index contributed by atoms with van der Waals surface area (Å²) >= 11 is 0. The van der Waals surface area contributed by atoms with Crippen molar-refractivity contribution >= 4 is 5.96 Å². The Labute approximate surface area is 172 Å². The van der Waals surface area contributed by atoms with Crippen molar-refractivity contribution in [1.82, 2.24) is 25.4 Å². The zero-order chi connectivity index (χ0) is 20.8. The summed E-state index contributed by atoms with van der Waals surface area (Å²) in [5.74, 6) is 4.75. The lowest BCUT2D eigenvalue weighted by Crippen LogP contribution is -2.48. The molecule has 2 unspecified atom stereocenters. The van der Waals surface area contributed by atoms with Crippen LogP contribution in [0.25, 0.3) is 0 Å². The van der Waals surface area contributed by atoms with Crippen LogP contribution in [0.4, 0.5) is 0 Å². The maximum absolute atomic E-state index is 5.95. The Morgan fingerprint density at radius 1 is 1.24 bits per heavy atom. The van der Waals surface area contributed by atoms with E-state index >= 15 is 0 Å². The second-order valence-electron chi connectivity index (χ2n) is 7.66. The number of nitrogens with zero attached hydrogens (tertiary/aromatic N) is 4. The molecule has 0 saturated heterocycles. The normalized spacial score (nSPS) is 17.6. The van der Waals surface area contributed by atoms with Crippen LogP contribution in [-0.4, -0.2) is 53.6 Å². The van der Waals surface area contributed by atoms with Crippen molar-refractivity contribution in [3.63, 3.8) is 0 Å². The predicted molar refractivity (Wildman–Crippen MR) is 114 cm³/mol. The van der Waals surface area contributed by atoms with Gasteiger partial charge < -0.3 is 20.1 Å². The van der Waals surface area contributed by atoms with Gasteiger partial charge in [0, 0.05) is 25.4 Å². The lowest BCUT2D eigenvalue weighted by Gasteiger charge is -2.26. The van der Waals surface area contributed by atoms with Gasteiger partial charge in [-0.25, -0.2) is 9.67 Å². The van der Waals surface area contributed by atoms with E-state index in [4.69, 9.17) is 9.47 Å². The SMILES string of the molecule is CN=C(NCC(C)Oc1ccc(OC)cc1)NC1CCc2nc(C(C)C)nn2C1. The lowest BCUT2D eigenvalue weighted by molar-refractivity contribution is 0.223. The van der Waals surface area contributed by atoms with Gasteiger partial charge in [0.05, 0.1) is 20.2 Å². The highest BCUT2D eigenvalue weighted by molar-refractivity contribution is 5.80. The molecule has 8 heteroatoms. The Morgan fingerprint density at radius 3 is 2.62 bits per heavy atom. The first-order valence-corrected chi connectivity index (χ1v) is 10.2. The maximum atomic E-state index is 5.95. The van der Waals surface area contributed by atoms with E-state index in [1.807, 2.05) is 35.9 Å². The number of nitrogens with one attached hydrogen (secondary N) is 2. The molecule has 29 heavy (non-hydrogen) atoms. The van der Waals surface area contributed by atoms with Gasteiger partial charge in [-0.15, -0.1) is 0 Å². The molecule has 1 aromatic heterocycles. The van der Waals surface area contributed by atoms with E-state index in [9.17, 15) is 0 Å². The average Bonchev–Trinajstić information content (AvgIpc) is 3.15. The van der Waals surface area contributed by atoms with Gasteiger partial charge in [-0.3, -0.25) is 4.99 Å². The van der Waals surface area contributed by atoms with E-state index in [1.165, 1.54) is 0 Å². The molecule has 3 rings (SSSR count). The van der Waals surface area contributed by atoms with Crippen LogP contribution in [0, 0.1) is 0 Å². The molecular formula is C21H32N6O2. The Morgan fingerprint density at radius 2 is 1.97 bits per heavy atom. The van der Waals surface area contributed by atoms with E-state index in [0.29, 0.717) is 12.5 Å². The molecule has 0 fully saturated rings. The number of aliphatic imine (C=N–C) groups is 1. The monoisotopic (exact) mass is 400 g/mol. The van der Waals surface area contributed by atoms with E-state index in [0.717, 1.165) is 48.5 Å². The first kappa shape index (κ1) is 21.0. The smallest absolute Gasteiger partial charge is 0.191 e. The molecule has 1 aliphatic rings. The molecule has 8 nitrogen and oxygen atoms in total. The molecule has 0 bridgehead atoms. The number of benzene rings is 1. The van der Waals surface area contributed by atoms with Crippen molar-refractivity contribution in [3.8, 4) is 11.5 Å². The van der Waals surface area contributed by atoms with E-state index in [2.05, 4.69) is 39.6 Å². The first-order valence-electron chi connectivity index (χ1n) is 10.2. The molecule has 0 spiro atoms. The Balaban J connectivity index is 1.47. The number of guanidine groups is 1. The highest BCUT2D eigenvalue weighted by Gasteiger charge is 2.23. The summed E-state index contributed by atoms with van der Waals surface area (Å²) in [5.41, 5.74) is 0. The summed E-state index contributed by atoms with van der Waals surface area (Å²) in [7, 11) is 3.44. The Hall–Kier alpha value is -2.77. The van der Waals surface area contributed by atoms with Crippen LogP contribution in [0.3, 0.4) is 0 Å². The summed E-state index contributed by atoms with van der Waals surface area (Å²) in [6.07, 6.45) is 1.92. The zero-order valence-corrected chi connectivity index (χ0v) is 18.0. The molecule has 0 radical (unpaired) electrons. The minimum absolute atomic E-state index is 0.0104. The second kappa shape index (κ2) is 9.62. The molecule has 0 saturated carbocycles. The van der Waals surface area contributed by atoms with Crippen molar-refractivity contribution in [3.05, 3.63) is 35.9 Å². The fraction of sp³-hybridized carbons (Fsp3) is 0.571.